The van der Waals surface area contributed by atoms with E-state index in [1.807, 2.05) is 0 Å². The summed E-state index contributed by atoms with van der Waals surface area (Å²) in [5, 5.41) is 7.43. The van der Waals surface area contributed by atoms with Gasteiger partial charge in [-0.15, -0.1) is 5.10 Å². The Kier molecular flexibility index (Phi) is 4.91. The second-order valence-electron chi connectivity index (χ2n) is 6.48. The number of amides is 1. The van der Waals surface area contributed by atoms with Gasteiger partial charge in [-0.05, 0) is 31.0 Å². The van der Waals surface area contributed by atoms with E-state index >= 15 is 0 Å². The van der Waals surface area contributed by atoms with Crippen LogP contribution in [0.2, 0.25) is 5.02 Å². The van der Waals surface area contributed by atoms with Crippen molar-refractivity contribution in [3.63, 3.8) is 0 Å². The molecule has 0 aliphatic carbocycles. The Morgan fingerprint density at radius 2 is 2.11 bits per heavy atom. The molecule has 1 aliphatic rings. The van der Waals surface area contributed by atoms with E-state index in [2.05, 4.69) is 20.3 Å². The molecule has 0 unspecified atom stereocenters. The fourth-order valence-corrected chi connectivity index (χ4v) is 3.53. The molecule has 3 heterocycles. The van der Waals surface area contributed by atoms with E-state index in [1.54, 1.807) is 30.6 Å². The highest BCUT2D eigenvalue weighted by atomic mass is 35.5. The van der Waals surface area contributed by atoms with Crippen molar-refractivity contribution in [1.29, 1.82) is 0 Å². The Hall–Kier alpha value is -3.07. The van der Waals surface area contributed by atoms with E-state index in [1.165, 1.54) is 11.5 Å². The first-order chi connectivity index (χ1) is 13.6. The molecule has 1 aromatic carbocycles. The normalized spacial score (nSPS) is 13.9. The second kappa shape index (κ2) is 7.51. The molecule has 146 valence electrons. The molecular weight excluding hydrogens is 384 g/mol. The van der Waals surface area contributed by atoms with Gasteiger partial charge < -0.3 is 15.0 Å². The van der Waals surface area contributed by atoms with Gasteiger partial charge in [0, 0.05) is 31.2 Å². The molecule has 10 heteroatoms. The van der Waals surface area contributed by atoms with Crippen molar-refractivity contribution < 1.29 is 9.53 Å². The number of carbonyl (C=O) groups excluding carboxylic acids is 1. The number of fused-ring (bicyclic) bond motifs is 1. The smallest absolute Gasteiger partial charge is 0.350 e. The van der Waals surface area contributed by atoms with Crippen LogP contribution in [0.3, 0.4) is 0 Å². The molecule has 1 N–H and O–H groups in total. The van der Waals surface area contributed by atoms with Crippen LogP contribution in [-0.2, 0) is 11.3 Å². The van der Waals surface area contributed by atoms with Gasteiger partial charge in [-0.2, -0.15) is 0 Å². The van der Waals surface area contributed by atoms with Gasteiger partial charge in [0.1, 0.15) is 12.3 Å². The maximum atomic E-state index is 12.6. The fourth-order valence-electron chi connectivity index (χ4n) is 3.27. The summed E-state index contributed by atoms with van der Waals surface area (Å²) in [6, 6.07) is 4.91. The predicted molar refractivity (Wildman–Crippen MR) is 105 cm³/mol. The van der Waals surface area contributed by atoms with Crippen LogP contribution in [0.15, 0.2) is 35.4 Å². The lowest BCUT2D eigenvalue weighted by Gasteiger charge is -2.15. The zero-order valence-corrected chi connectivity index (χ0v) is 16.0. The van der Waals surface area contributed by atoms with Crippen molar-refractivity contribution in [3.8, 4) is 5.75 Å². The topological polar surface area (TPSA) is 93.8 Å². The summed E-state index contributed by atoms with van der Waals surface area (Å²) in [6.07, 6.45) is 5.30. The van der Waals surface area contributed by atoms with Crippen LogP contribution < -0.4 is 20.6 Å². The van der Waals surface area contributed by atoms with Crippen molar-refractivity contribution in [1.82, 2.24) is 19.2 Å². The standard InChI is InChI=1S/C18H19ClN6O3/c1-28-14-5-4-12(10-13(14)19)21-15(26)11-25-18(27)24-9-6-20-16(17(24)22-25)23-7-2-3-8-23/h4-6,9-10H,2-3,7-8,11H2,1H3,(H,21,26). The highest BCUT2D eigenvalue weighted by molar-refractivity contribution is 6.32. The Labute approximate surface area is 165 Å². The summed E-state index contributed by atoms with van der Waals surface area (Å²) in [4.78, 5) is 31.5. The molecule has 2 aromatic heterocycles. The summed E-state index contributed by atoms with van der Waals surface area (Å²) in [5.74, 6) is 0.791. The van der Waals surface area contributed by atoms with Crippen molar-refractivity contribution in [2.45, 2.75) is 19.4 Å². The molecule has 1 amide bonds. The Morgan fingerprint density at radius 3 is 2.82 bits per heavy atom. The number of benzene rings is 1. The third kappa shape index (κ3) is 3.40. The Morgan fingerprint density at radius 1 is 1.32 bits per heavy atom. The minimum absolute atomic E-state index is 0.219. The summed E-state index contributed by atoms with van der Waals surface area (Å²) in [5.41, 5.74) is 0.572. The van der Waals surface area contributed by atoms with Crippen LogP contribution in [0.4, 0.5) is 11.5 Å². The van der Waals surface area contributed by atoms with E-state index in [-0.39, 0.29) is 18.1 Å². The number of hydrogen-bond acceptors (Lipinski definition) is 6. The minimum atomic E-state index is -0.388. The van der Waals surface area contributed by atoms with Gasteiger partial charge in [-0.25, -0.2) is 18.9 Å². The number of anilines is 2. The third-order valence-corrected chi connectivity index (χ3v) is 4.91. The highest BCUT2D eigenvalue weighted by Crippen LogP contribution is 2.27. The maximum absolute atomic E-state index is 12.6. The van der Waals surface area contributed by atoms with Crippen LogP contribution in [0.1, 0.15) is 12.8 Å². The number of methoxy groups -OCH3 is 1. The largest absolute Gasteiger partial charge is 0.495 e. The van der Waals surface area contributed by atoms with Gasteiger partial charge in [-0.3, -0.25) is 4.79 Å². The predicted octanol–water partition coefficient (Wildman–Crippen LogP) is 1.79. The van der Waals surface area contributed by atoms with Crippen molar-refractivity contribution in [3.05, 3.63) is 46.1 Å². The molecule has 1 fully saturated rings. The lowest BCUT2D eigenvalue weighted by Crippen LogP contribution is -2.28. The van der Waals surface area contributed by atoms with Gasteiger partial charge in [0.2, 0.25) is 11.6 Å². The average Bonchev–Trinajstić information content (AvgIpc) is 3.31. The van der Waals surface area contributed by atoms with Gasteiger partial charge in [0.25, 0.3) is 0 Å². The summed E-state index contributed by atoms with van der Waals surface area (Å²) in [7, 11) is 1.51. The van der Waals surface area contributed by atoms with E-state index in [9.17, 15) is 9.59 Å². The van der Waals surface area contributed by atoms with Crippen molar-refractivity contribution in [2.24, 2.45) is 0 Å². The first-order valence-electron chi connectivity index (χ1n) is 8.89. The molecule has 0 saturated carbocycles. The molecule has 4 rings (SSSR count). The van der Waals surface area contributed by atoms with Crippen molar-refractivity contribution in [2.75, 3.05) is 30.4 Å². The number of ether oxygens (including phenoxy) is 1. The zero-order chi connectivity index (χ0) is 19.7. The summed E-state index contributed by atoms with van der Waals surface area (Å²) >= 11 is 6.07. The van der Waals surface area contributed by atoms with Gasteiger partial charge in [0.05, 0.1) is 12.1 Å². The SMILES string of the molecule is COc1ccc(NC(=O)Cn2nc3c(N4CCCC4)nccn3c2=O)cc1Cl. The number of carbonyl (C=O) groups is 1. The third-order valence-electron chi connectivity index (χ3n) is 4.62. The van der Waals surface area contributed by atoms with E-state index < -0.39 is 0 Å². The average molecular weight is 403 g/mol. The van der Waals surface area contributed by atoms with Crippen LogP contribution >= 0.6 is 11.6 Å². The molecule has 0 radical (unpaired) electrons. The molecule has 1 saturated heterocycles. The summed E-state index contributed by atoms with van der Waals surface area (Å²) < 4.78 is 7.64. The molecular formula is C18H19ClN6O3. The van der Waals surface area contributed by atoms with E-state index in [4.69, 9.17) is 16.3 Å². The molecule has 9 nitrogen and oxygen atoms in total. The Bertz CT molecular complexity index is 1090. The second-order valence-corrected chi connectivity index (χ2v) is 6.88. The van der Waals surface area contributed by atoms with Crippen LogP contribution in [0, 0.1) is 0 Å². The number of nitrogens with zero attached hydrogens (tertiary/aromatic N) is 5. The maximum Gasteiger partial charge on any atom is 0.350 e. The minimum Gasteiger partial charge on any atom is -0.495 e. The first kappa shape index (κ1) is 18.3. The highest BCUT2D eigenvalue weighted by Gasteiger charge is 2.20. The zero-order valence-electron chi connectivity index (χ0n) is 15.3. The van der Waals surface area contributed by atoms with Gasteiger partial charge in [-0.1, -0.05) is 11.6 Å². The number of aromatic nitrogens is 4. The number of rotatable bonds is 5. The lowest BCUT2D eigenvalue weighted by atomic mass is 10.3. The van der Waals surface area contributed by atoms with Crippen LogP contribution in [0.5, 0.6) is 5.75 Å². The fraction of sp³-hybridized carbons (Fsp3) is 0.333. The van der Waals surface area contributed by atoms with E-state index in [0.717, 1.165) is 30.6 Å². The molecule has 0 atom stereocenters. The van der Waals surface area contributed by atoms with Gasteiger partial charge in [0.15, 0.2) is 5.82 Å². The molecule has 3 aromatic rings. The van der Waals surface area contributed by atoms with Crippen molar-refractivity contribution >= 4 is 34.7 Å². The molecule has 0 bridgehead atoms. The first-order valence-corrected chi connectivity index (χ1v) is 9.27. The number of nitrogens with one attached hydrogen (secondary N) is 1. The molecule has 1 aliphatic heterocycles. The molecule has 28 heavy (non-hydrogen) atoms. The monoisotopic (exact) mass is 402 g/mol. The van der Waals surface area contributed by atoms with Crippen LogP contribution in [-0.4, -0.2) is 45.3 Å². The lowest BCUT2D eigenvalue weighted by molar-refractivity contribution is -0.117. The Balaban J connectivity index is 1.57. The number of halogens is 1. The van der Waals surface area contributed by atoms with Crippen LogP contribution in [0.25, 0.3) is 5.65 Å². The quantitative estimate of drug-likeness (QED) is 0.699. The van der Waals surface area contributed by atoms with E-state index in [0.29, 0.717) is 27.9 Å². The molecule has 0 spiro atoms. The van der Waals surface area contributed by atoms with Gasteiger partial charge >= 0.3 is 5.69 Å². The summed E-state index contributed by atoms with van der Waals surface area (Å²) in [6.45, 7) is 1.54. The number of hydrogen-bond donors (Lipinski definition) is 1.